The molecule has 0 atom stereocenters. The molecule has 0 radical (unpaired) electrons. The van der Waals surface area contributed by atoms with Gasteiger partial charge in [0, 0.05) is 0 Å². The molecule has 5 nitrogen and oxygen atoms in total. The topological polar surface area (TPSA) is 90.2 Å². The van der Waals surface area contributed by atoms with Crippen LogP contribution in [0.5, 0.6) is 0 Å². The minimum absolute atomic E-state index is 0.112. The second-order valence-corrected chi connectivity index (χ2v) is 5.44. The van der Waals surface area contributed by atoms with Crippen LogP contribution in [0.2, 0.25) is 10.0 Å². The first-order valence-electron chi connectivity index (χ1n) is 6.63. The van der Waals surface area contributed by atoms with Crippen LogP contribution >= 0.6 is 23.2 Å². The van der Waals surface area contributed by atoms with Crippen molar-refractivity contribution in [3.05, 3.63) is 69.2 Å². The Morgan fingerprint density at radius 2 is 1.79 bits per heavy atom. The summed E-state index contributed by atoms with van der Waals surface area (Å²) in [6, 6.07) is 12.3. The number of nitriles is 1. The zero-order valence-corrected chi connectivity index (χ0v) is 13.6. The Hall–Kier alpha value is -2.81. The Morgan fingerprint density at radius 1 is 1.12 bits per heavy atom. The van der Waals surface area contributed by atoms with E-state index in [0.717, 1.165) is 0 Å². The van der Waals surface area contributed by atoms with E-state index in [1.807, 2.05) is 0 Å². The molecule has 0 fully saturated rings. The van der Waals surface area contributed by atoms with Crippen molar-refractivity contribution in [3.8, 4) is 6.07 Å². The van der Waals surface area contributed by atoms with Crippen molar-refractivity contribution in [2.75, 3.05) is 5.32 Å². The molecule has 2 N–H and O–H groups in total. The van der Waals surface area contributed by atoms with Gasteiger partial charge in [-0.1, -0.05) is 41.4 Å². The molecule has 0 aliphatic rings. The fraction of sp³-hybridized carbons (Fsp3) is 0. The predicted octanol–water partition coefficient (Wildman–Crippen LogP) is 4.24. The summed E-state index contributed by atoms with van der Waals surface area (Å²) < 4.78 is 0. The largest absolute Gasteiger partial charge is 0.478 e. The molecule has 0 heterocycles. The molecule has 0 saturated carbocycles. The van der Waals surface area contributed by atoms with Gasteiger partial charge in [-0.2, -0.15) is 5.26 Å². The van der Waals surface area contributed by atoms with Crippen LogP contribution < -0.4 is 5.32 Å². The quantitative estimate of drug-likeness (QED) is 0.630. The number of rotatable bonds is 4. The SMILES string of the molecule is N#C/C(=C\c1ccc(C(=O)O)cc1)C(=O)Nc1cccc(Cl)c1Cl. The van der Waals surface area contributed by atoms with E-state index in [4.69, 9.17) is 28.3 Å². The molecule has 0 saturated heterocycles. The molecular weight excluding hydrogens is 351 g/mol. The standard InChI is InChI=1S/C17H10Cl2N2O3/c18-13-2-1-3-14(15(13)19)21-16(22)12(9-20)8-10-4-6-11(7-5-10)17(23)24/h1-8H,(H,21,22)(H,23,24)/b12-8+. The first kappa shape index (κ1) is 17.5. The summed E-state index contributed by atoms with van der Waals surface area (Å²) in [6.45, 7) is 0. The van der Waals surface area contributed by atoms with E-state index in [-0.39, 0.29) is 26.9 Å². The van der Waals surface area contributed by atoms with Gasteiger partial charge < -0.3 is 10.4 Å². The molecule has 0 bridgehead atoms. The van der Waals surface area contributed by atoms with Crippen molar-refractivity contribution in [2.45, 2.75) is 0 Å². The van der Waals surface area contributed by atoms with Crippen LogP contribution in [-0.4, -0.2) is 17.0 Å². The number of hydrogen-bond acceptors (Lipinski definition) is 3. The number of nitrogens with zero attached hydrogens (tertiary/aromatic N) is 1. The fourth-order valence-corrected chi connectivity index (χ4v) is 2.17. The Bertz CT molecular complexity index is 868. The average Bonchev–Trinajstić information content (AvgIpc) is 2.57. The molecule has 7 heteroatoms. The van der Waals surface area contributed by atoms with Crippen molar-refractivity contribution in [2.24, 2.45) is 0 Å². The van der Waals surface area contributed by atoms with Crippen LogP contribution in [0.3, 0.4) is 0 Å². The van der Waals surface area contributed by atoms with Crippen molar-refractivity contribution < 1.29 is 14.7 Å². The molecule has 0 aliphatic heterocycles. The number of carboxylic acids is 1. The van der Waals surface area contributed by atoms with Gasteiger partial charge in [0.25, 0.3) is 5.91 Å². The Labute approximate surface area is 147 Å². The van der Waals surface area contributed by atoms with Crippen LogP contribution in [0.25, 0.3) is 6.08 Å². The lowest BCUT2D eigenvalue weighted by atomic mass is 10.1. The second-order valence-electron chi connectivity index (χ2n) is 4.65. The van der Waals surface area contributed by atoms with Gasteiger partial charge in [-0.3, -0.25) is 4.79 Å². The fourth-order valence-electron chi connectivity index (χ4n) is 1.83. The van der Waals surface area contributed by atoms with E-state index < -0.39 is 11.9 Å². The number of hydrogen-bond donors (Lipinski definition) is 2. The van der Waals surface area contributed by atoms with Gasteiger partial charge in [0.2, 0.25) is 0 Å². The molecule has 2 aromatic rings. The summed E-state index contributed by atoms with van der Waals surface area (Å²) in [7, 11) is 0. The first-order valence-corrected chi connectivity index (χ1v) is 7.38. The van der Waals surface area contributed by atoms with Crippen LogP contribution in [0.15, 0.2) is 48.0 Å². The van der Waals surface area contributed by atoms with Crippen molar-refractivity contribution in [1.29, 1.82) is 5.26 Å². The zero-order valence-electron chi connectivity index (χ0n) is 12.1. The van der Waals surface area contributed by atoms with Gasteiger partial charge in [-0.25, -0.2) is 4.79 Å². The third-order valence-electron chi connectivity index (χ3n) is 3.03. The second kappa shape index (κ2) is 7.64. The predicted molar refractivity (Wildman–Crippen MR) is 92.1 cm³/mol. The highest BCUT2D eigenvalue weighted by molar-refractivity contribution is 6.44. The average molecular weight is 361 g/mol. The van der Waals surface area contributed by atoms with E-state index >= 15 is 0 Å². The third-order valence-corrected chi connectivity index (χ3v) is 3.85. The number of aromatic carboxylic acids is 1. The number of carbonyl (C=O) groups is 2. The highest BCUT2D eigenvalue weighted by Crippen LogP contribution is 2.29. The highest BCUT2D eigenvalue weighted by atomic mass is 35.5. The van der Waals surface area contributed by atoms with Gasteiger partial charge in [0.05, 0.1) is 21.3 Å². The number of nitrogens with one attached hydrogen (secondary N) is 1. The van der Waals surface area contributed by atoms with Crippen molar-refractivity contribution in [3.63, 3.8) is 0 Å². The number of anilines is 1. The molecule has 0 aromatic heterocycles. The smallest absolute Gasteiger partial charge is 0.335 e. The molecule has 120 valence electrons. The van der Waals surface area contributed by atoms with Gasteiger partial charge in [0.1, 0.15) is 11.6 Å². The molecule has 0 aliphatic carbocycles. The zero-order chi connectivity index (χ0) is 17.7. The third kappa shape index (κ3) is 4.13. The molecule has 24 heavy (non-hydrogen) atoms. The van der Waals surface area contributed by atoms with Crippen molar-refractivity contribution in [1.82, 2.24) is 0 Å². The Morgan fingerprint density at radius 3 is 2.38 bits per heavy atom. The van der Waals surface area contributed by atoms with Gasteiger partial charge in [0.15, 0.2) is 0 Å². The van der Waals surface area contributed by atoms with Crippen molar-refractivity contribution >= 4 is 46.8 Å². The van der Waals surface area contributed by atoms with Crippen LogP contribution in [0.4, 0.5) is 5.69 Å². The number of halogens is 2. The molecule has 1 amide bonds. The number of carboxylic acid groups (broad SMARTS) is 1. The summed E-state index contributed by atoms with van der Waals surface area (Å²) in [5.41, 5.74) is 0.760. The molecule has 0 spiro atoms. The van der Waals surface area contributed by atoms with Crippen LogP contribution in [0.1, 0.15) is 15.9 Å². The minimum atomic E-state index is -1.06. The van der Waals surface area contributed by atoms with E-state index in [0.29, 0.717) is 5.56 Å². The van der Waals surface area contributed by atoms with E-state index in [9.17, 15) is 14.9 Å². The normalized spacial score (nSPS) is 10.8. The monoisotopic (exact) mass is 360 g/mol. The molecule has 2 aromatic carbocycles. The number of carbonyl (C=O) groups excluding carboxylic acids is 1. The van der Waals surface area contributed by atoms with Crippen LogP contribution in [0, 0.1) is 11.3 Å². The lowest BCUT2D eigenvalue weighted by molar-refractivity contribution is -0.112. The number of benzene rings is 2. The summed E-state index contributed by atoms with van der Waals surface area (Å²) in [5, 5.41) is 21.0. The van der Waals surface area contributed by atoms with E-state index in [1.165, 1.54) is 30.3 Å². The first-order chi connectivity index (χ1) is 11.4. The summed E-state index contributed by atoms with van der Waals surface area (Å²) in [5.74, 6) is -1.71. The highest BCUT2D eigenvalue weighted by Gasteiger charge is 2.13. The lowest BCUT2D eigenvalue weighted by Crippen LogP contribution is -2.13. The number of amides is 1. The maximum Gasteiger partial charge on any atom is 0.335 e. The van der Waals surface area contributed by atoms with Gasteiger partial charge in [-0.05, 0) is 35.9 Å². The van der Waals surface area contributed by atoms with E-state index in [2.05, 4.69) is 5.32 Å². The maximum atomic E-state index is 12.2. The van der Waals surface area contributed by atoms with Gasteiger partial charge in [-0.15, -0.1) is 0 Å². The molecular formula is C17H10Cl2N2O3. The maximum absolute atomic E-state index is 12.2. The Kier molecular flexibility index (Phi) is 5.59. The van der Waals surface area contributed by atoms with Crippen LogP contribution in [-0.2, 0) is 4.79 Å². The summed E-state index contributed by atoms with van der Waals surface area (Å²) in [6.07, 6.45) is 1.35. The molecule has 2 rings (SSSR count). The summed E-state index contributed by atoms with van der Waals surface area (Å²) in [4.78, 5) is 23.0. The van der Waals surface area contributed by atoms with Gasteiger partial charge >= 0.3 is 5.97 Å². The Balaban J connectivity index is 2.24. The minimum Gasteiger partial charge on any atom is -0.478 e. The van der Waals surface area contributed by atoms with E-state index in [1.54, 1.807) is 24.3 Å². The molecule has 0 unspecified atom stereocenters. The lowest BCUT2D eigenvalue weighted by Gasteiger charge is -2.07. The summed E-state index contributed by atoms with van der Waals surface area (Å²) >= 11 is 11.9.